The average Bonchev–Trinajstić information content (AvgIpc) is 2.51. The Labute approximate surface area is 92.4 Å². The van der Waals surface area contributed by atoms with Gasteiger partial charge in [0.1, 0.15) is 0 Å². The molecule has 3 unspecified atom stereocenters. The van der Waals surface area contributed by atoms with Crippen LogP contribution in [0.15, 0.2) is 0 Å². The third-order valence-electron chi connectivity index (χ3n) is 2.70. The Morgan fingerprint density at radius 2 is 2.14 bits per heavy atom. The highest BCUT2D eigenvalue weighted by Crippen LogP contribution is 2.39. The van der Waals surface area contributed by atoms with Gasteiger partial charge >= 0.3 is 0 Å². The zero-order chi connectivity index (χ0) is 10.8. The monoisotopic (exact) mass is 211 g/mol. The smallest absolute Gasteiger partial charge is 0.0660 e. The zero-order valence-electron chi connectivity index (χ0n) is 9.63. The van der Waals surface area contributed by atoms with Crippen molar-refractivity contribution < 1.29 is 0 Å². The summed E-state index contributed by atoms with van der Waals surface area (Å²) >= 11 is 2.08. The highest BCUT2D eigenvalue weighted by Gasteiger charge is 2.33. The number of nitrogens with one attached hydrogen (secondary N) is 1. The molecule has 1 aliphatic heterocycles. The molecule has 0 radical (unpaired) electrons. The largest absolute Gasteiger partial charge is 0.300 e. The molecule has 0 aliphatic carbocycles. The first-order valence-electron chi connectivity index (χ1n) is 5.27. The van der Waals surface area contributed by atoms with E-state index in [1.165, 1.54) is 12.2 Å². The maximum absolute atomic E-state index is 5.35. The molecule has 1 rings (SSSR count). The molecule has 0 aromatic carbocycles. The van der Waals surface area contributed by atoms with Gasteiger partial charge in [0.05, 0.1) is 6.04 Å². The van der Waals surface area contributed by atoms with Gasteiger partial charge in [0.15, 0.2) is 0 Å². The van der Waals surface area contributed by atoms with Crippen LogP contribution < -0.4 is 5.32 Å². The van der Waals surface area contributed by atoms with E-state index in [0.717, 1.165) is 5.25 Å². The van der Waals surface area contributed by atoms with Crippen LogP contribution in [0.25, 0.3) is 0 Å². The van der Waals surface area contributed by atoms with Crippen LogP contribution in [0.4, 0.5) is 0 Å². The van der Waals surface area contributed by atoms with Crippen molar-refractivity contribution in [1.82, 2.24) is 5.32 Å². The van der Waals surface area contributed by atoms with Gasteiger partial charge in [-0.15, -0.1) is 6.42 Å². The molecule has 1 fully saturated rings. The van der Waals surface area contributed by atoms with E-state index in [4.69, 9.17) is 6.42 Å². The van der Waals surface area contributed by atoms with Crippen molar-refractivity contribution in [3.63, 3.8) is 0 Å². The molecule has 0 saturated carbocycles. The van der Waals surface area contributed by atoms with Gasteiger partial charge in [-0.25, -0.2) is 0 Å². The highest BCUT2D eigenvalue weighted by molar-refractivity contribution is 8.00. The molecule has 1 heterocycles. The lowest BCUT2D eigenvalue weighted by atomic mass is 9.88. The maximum Gasteiger partial charge on any atom is 0.0660 e. The number of thioether (sulfide) groups is 1. The van der Waals surface area contributed by atoms with Crippen molar-refractivity contribution in [1.29, 1.82) is 0 Å². The maximum atomic E-state index is 5.35. The van der Waals surface area contributed by atoms with Crippen LogP contribution in [0.3, 0.4) is 0 Å². The van der Waals surface area contributed by atoms with Gasteiger partial charge in [-0.2, -0.15) is 11.8 Å². The van der Waals surface area contributed by atoms with E-state index in [1.807, 2.05) is 0 Å². The molecular formula is C12H21NS. The Morgan fingerprint density at radius 3 is 2.57 bits per heavy atom. The fourth-order valence-electron chi connectivity index (χ4n) is 1.75. The summed E-state index contributed by atoms with van der Waals surface area (Å²) in [5, 5.41) is 4.24. The van der Waals surface area contributed by atoms with E-state index in [9.17, 15) is 0 Å². The van der Waals surface area contributed by atoms with Crippen molar-refractivity contribution in [2.45, 2.75) is 51.4 Å². The van der Waals surface area contributed by atoms with Crippen LogP contribution >= 0.6 is 11.8 Å². The van der Waals surface area contributed by atoms with E-state index in [2.05, 4.69) is 50.7 Å². The van der Waals surface area contributed by atoms with Gasteiger partial charge in [0.25, 0.3) is 0 Å². The second kappa shape index (κ2) is 4.59. The second-order valence-electron chi connectivity index (χ2n) is 5.18. The van der Waals surface area contributed by atoms with Crippen molar-refractivity contribution >= 4 is 11.8 Å². The van der Waals surface area contributed by atoms with Crippen LogP contribution in [0.1, 0.15) is 34.1 Å². The van der Waals surface area contributed by atoms with Crippen molar-refractivity contribution in [3.05, 3.63) is 0 Å². The Balaban J connectivity index is 2.39. The molecule has 1 aliphatic rings. The molecule has 0 aromatic rings. The summed E-state index contributed by atoms with van der Waals surface area (Å²) in [5.41, 5.74) is 0.417. The van der Waals surface area contributed by atoms with E-state index in [0.29, 0.717) is 11.5 Å². The Morgan fingerprint density at radius 1 is 1.50 bits per heavy atom. The lowest BCUT2D eigenvalue weighted by molar-refractivity contribution is 0.363. The molecular weight excluding hydrogens is 190 g/mol. The third kappa shape index (κ3) is 3.22. The summed E-state index contributed by atoms with van der Waals surface area (Å²) in [4.78, 5) is 0. The Kier molecular flexibility index (Phi) is 3.92. The van der Waals surface area contributed by atoms with E-state index in [-0.39, 0.29) is 6.04 Å². The van der Waals surface area contributed by atoms with Gasteiger partial charge in [-0.1, -0.05) is 26.7 Å². The fourth-order valence-corrected chi connectivity index (χ4v) is 3.31. The predicted molar refractivity (Wildman–Crippen MR) is 65.5 cm³/mol. The molecule has 80 valence electrons. The van der Waals surface area contributed by atoms with Crippen LogP contribution in [0.2, 0.25) is 0 Å². The quantitative estimate of drug-likeness (QED) is 0.704. The number of hydrogen-bond donors (Lipinski definition) is 1. The normalized spacial score (nSPS) is 29.9. The van der Waals surface area contributed by atoms with Crippen LogP contribution in [0.5, 0.6) is 0 Å². The lowest BCUT2D eigenvalue weighted by Crippen LogP contribution is -2.36. The van der Waals surface area contributed by atoms with E-state index in [1.54, 1.807) is 0 Å². The minimum atomic E-state index is 0.208. The van der Waals surface area contributed by atoms with Gasteiger partial charge in [-0.3, -0.25) is 0 Å². The molecule has 0 amide bonds. The standard InChI is InChI=1S/C12H21NS/c1-6-9(2)13-10-7-11(14-8-10)12(3,4)5/h1,9-11,13H,7-8H2,2-5H3. The van der Waals surface area contributed by atoms with Gasteiger partial charge in [0.2, 0.25) is 0 Å². The second-order valence-corrected chi connectivity index (χ2v) is 6.41. The Bertz CT molecular complexity index is 223. The molecule has 0 bridgehead atoms. The highest BCUT2D eigenvalue weighted by atomic mass is 32.2. The minimum absolute atomic E-state index is 0.208. The molecule has 1 saturated heterocycles. The van der Waals surface area contributed by atoms with Crippen molar-refractivity contribution in [2.75, 3.05) is 5.75 Å². The molecule has 0 spiro atoms. The number of hydrogen-bond acceptors (Lipinski definition) is 2. The molecule has 1 N–H and O–H groups in total. The predicted octanol–water partition coefficient (Wildman–Crippen LogP) is 2.52. The topological polar surface area (TPSA) is 12.0 Å². The van der Waals surface area contributed by atoms with Crippen LogP contribution in [-0.4, -0.2) is 23.1 Å². The van der Waals surface area contributed by atoms with Gasteiger partial charge in [-0.05, 0) is 18.8 Å². The first-order chi connectivity index (χ1) is 6.43. The first-order valence-corrected chi connectivity index (χ1v) is 6.32. The molecule has 0 aromatic heterocycles. The number of terminal acetylenes is 1. The first kappa shape index (κ1) is 11.9. The summed E-state index contributed by atoms with van der Waals surface area (Å²) in [6.07, 6.45) is 6.60. The van der Waals surface area contributed by atoms with Crippen LogP contribution in [-0.2, 0) is 0 Å². The summed E-state index contributed by atoms with van der Waals surface area (Å²) < 4.78 is 0. The molecule has 1 nitrogen and oxygen atoms in total. The minimum Gasteiger partial charge on any atom is -0.300 e. The third-order valence-corrected chi connectivity index (χ3v) is 4.60. The molecule has 14 heavy (non-hydrogen) atoms. The Hall–Kier alpha value is -0.130. The molecule has 2 heteroatoms. The van der Waals surface area contributed by atoms with Gasteiger partial charge < -0.3 is 5.32 Å². The summed E-state index contributed by atoms with van der Waals surface area (Å²) in [7, 11) is 0. The summed E-state index contributed by atoms with van der Waals surface area (Å²) in [6.45, 7) is 9.00. The zero-order valence-corrected chi connectivity index (χ0v) is 10.4. The van der Waals surface area contributed by atoms with Gasteiger partial charge in [0, 0.05) is 17.0 Å². The van der Waals surface area contributed by atoms with E-state index < -0.39 is 0 Å². The van der Waals surface area contributed by atoms with Crippen molar-refractivity contribution in [3.8, 4) is 12.3 Å². The number of rotatable bonds is 2. The average molecular weight is 211 g/mol. The fraction of sp³-hybridized carbons (Fsp3) is 0.833. The van der Waals surface area contributed by atoms with Crippen molar-refractivity contribution in [2.24, 2.45) is 5.41 Å². The lowest BCUT2D eigenvalue weighted by Gasteiger charge is -2.26. The van der Waals surface area contributed by atoms with E-state index >= 15 is 0 Å². The SMILES string of the molecule is C#CC(C)NC1CSC(C(C)(C)C)C1. The van der Waals surface area contributed by atoms with Crippen LogP contribution in [0, 0.1) is 17.8 Å². The molecule has 3 atom stereocenters. The summed E-state index contributed by atoms with van der Waals surface area (Å²) in [5.74, 6) is 3.93. The summed E-state index contributed by atoms with van der Waals surface area (Å²) in [6, 6.07) is 0.814.